The first kappa shape index (κ1) is 11.1. The molecular formula is C13H13N3O. The molecule has 0 unspecified atom stereocenters. The topological polar surface area (TPSA) is 79.0 Å². The second-order valence-electron chi connectivity index (χ2n) is 3.77. The van der Waals surface area contributed by atoms with Gasteiger partial charge in [0.15, 0.2) is 0 Å². The lowest BCUT2D eigenvalue weighted by Gasteiger charge is -2.04. The first-order valence-corrected chi connectivity index (χ1v) is 5.22. The van der Waals surface area contributed by atoms with E-state index >= 15 is 0 Å². The van der Waals surface area contributed by atoms with Crippen molar-refractivity contribution in [3.8, 4) is 0 Å². The smallest absolute Gasteiger partial charge is 0.251 e. The summed E-state index contributed by atoms with van der Waals surface area (Å²) < 4.78 is 0. The third-order valence-corrected chi connectivity index (χ3v) is 2.64. The van der Waals surface area contributed by atoms with E-state index in [2.05, 4.69) is 5.32 Å². The second-order valence-corrected chi connectivity index (χ2v) is 3.77. The molecule has 0 spiro atoms. The van der Waals surface area contributed by atoms with E-state index in [4.69, 9.17) is 11.1 Å². The van der Waals surface area contributed by atoms with Gasteiger partial charge in [-0.1, -0.05) is 18.2 Å². The molecule has 0 aliphatic heterocycles. The molecule has 86 valence electrons. The van der Waals surface area contributed by atoms with Crippen LogP contribution in [0.1, 0.15) is 15.9 Å². The maximum absolute atomic E-state index is 11.5. The third-order valence-electron chi connectivity index (χ3n) is 2.64. The number of carbonyl (C=O) groups excluding carboxylic acids is 1. The number of hydrogen-bond acceptors (Lipinski definition) is 2. The van der Waals surface area contributed by atoms with Crippen LogP contribution in [-0.4, -0.2) is 18.8 Å². The number of nitrogens with two attached hydrogens (primary N) is 1. The van der Waals surface area contributed by atoms with E-state index in [1.807, 2.05) is 24.3 Å². The van der Waals surface area contributed by atoms with Crippen LogP contribution in [0, 0.1) is 5.41 Å². The van der Waals surface area contributed by atoms with Crippen LogP contribution in [0.25, 0.3) is 10.8 Å². The van der Waals surface area contributed by atoms with E-state index in [1.54, 1.807) is 19.2 Å². The zero-order chi connectivity index (χ0) is 12.4. The van der Waals surface area contributed by atoms with Gasteiger partial charge in [-0.25, -0.2) is 0 Å². The Bertz CT molecular complexity index is 605. The van der Waals surface area contributed by atoms with Crippen LogP contribution in [0.3, 0.4) is 0 Å². The highest BCUT2D eigenvalue weighted by Crippen LogP contribution is 2.17. The Balaban J connectivity index is 2.54. The van der Waals surface area contributed by atoms with Crippen molar-refractivity contribution < 1.29 is 4.79 Å². The quantitative estimate of drug-likeness (QED) is 0.536. The first-order chi connectivity index (χ1) is 8.11. The van der Waals surface area contributed by atoms with Crippen molar-refractivity contribution in [3.63, 3.8) is 0 Å². The van der Waals surface area contributed by atoms with Gasteiger partial charge in [0, 0.05) is 18.2 Å². The van der Waals surface area contributed by atoms with Crippen molar-refractivity contribution in [2.24, 2.45) is 5.73 Å². The molecule has 0 saturated carbocycles. The SMILES string of the molecule is CNC(=O)c1ccc2cc(C(=N)N)ccc2c1. The number of amides is 1. The van der Waals surface area contributed by atoms with Gasteiger partial charge in [-0.2, -0.15) is 0 Å². The van der Waals surface area contributed by atoms with E-state index in [0.29, 0.717) is 11.1 Å². The lowest BCUT2D eigenvalue weighted by Crippen LogP contribution is -2.17. The molecule has 0 aliphatic carbocycles. The molecule has 0 aliphatic rings. The average Bonchev–Trinajstić information content (AvgIpc) is 2.36. The molecule has 0 heterocycles. The first-order valence-electron chi connectivity index (χ1n) is 5.22. The summed E-state index contributed by atoms with van der Waals surface area (Å²) in [6.07, 6.45) is 0. The minimum Gasteiger partial charge on any atom is -0.384 e. The van der Waals surface area contributed by atoms with Gasteiger partial charge in [0.05, 0.1) is 0 Å². The Morgan fingerprint density at radius 2 is 1.65 bits per heavy atom. The number of benzene rings is 2. The van der Waals surface area contributed by atoms with E-state index in [0.717, 1.165) is 10.8 Å². The minimum absolute atomic E-state index is 0.0438. The Labute approximate surface area is 98.9 Å². The summed E-state index contributed by atoms with van der Waals surface area (Å²) in [4.78, 5) is 11.5. The van der Waals surface area contributed by atoms with Crippen LogP contribution in [0.5, 0.6) is 0 Å². The monoisotopic (exact) mass is 227 g/mol. The van der Waals surface area contributed by atoms with Crippen molar-refractivity contribution in [1.29, 1.82) is 5.41 Å². The maximum atomic E-state index is 11.5. The highest BCUT2D eigenvalue weighted by molar-refractivity contribution is 6.02. The number of amidine groups is 1. The molecular weight excluding hydrogens is 214 g/mol. The number of fused-ring (bicyclic) bond motifs is 1. The van der Waals surface area contributed by atoms with Crippen LogP contribution in [0.15, 0.2) is 36.4 Å². The van der Waals surface area contributed by atoms with Crippen molar-refractivity contribution in [3.05, 3.63) is 47.5 Å². The van der Waals surface area contributed by atoms with Crippen LogP contribution >= 0.6 is 0 Å². The summed E-state index contributed by atoms with van der Waals surface area (Å²) in [6.45, 7) is 0. The summed E-state index contributed by atoms with van der Waals surface area (Å²) in [5.74, 6) is -0.0650. The summed E-state index contributed by atoms with van der Waals surface area (Å²) in [6, 6.07) is 10.9. The summed E-state index contributed by atoms with van der Waals surface area (Å²) in [5.41, 5.74) is 6.73. The molecule has 1 amide bonds. The fourth-order valence-corrected chi connectivity index (χ4v) is 1.70. The van der Waals surface area contributed by atoms with E-state index in [1.165, 1.54) is 0 Å². The van der Waals surface area contributed by atoms with Crippen LogP contribution in [-0.2, 0) is 0 Å². The number of rotatable bonds is 2. The number of carbonyl (C=O) groups is 1. The highest BCUT2D eigenvalue weighted by Gasteiger charge is 2.04. The molecule has 2 rings (SSSR count). The van der Waals surface area contributed by atoms with Gasteiger partial charge >= 0.3 is 0 Å². The Morgan fingerprint density at radius 3 is 2.18 bits per heavy atom. The molecule has 0 atom stereocenters. The van der Waals surface area contributed by atoms with Crippen LogP contribution in [0.2, 0.25) is 0 Å². The van der Waals surface area contributed by atoms with E-state index in [9.17, 15) is 4.79 Å². The zero-order valence-corrected chi connectivity index (χ0v) is 9.45. The number of nitrogens with one attached hydrogen (secondary N) is 2. The fourth-order valence-electron chi connectivity index (χ4n) is 1.70. The van der Waals surface area contributed by atoms with Gasteiger partial charge in [0.25, 0.3) is 5.91 Å². The van der Waals surface area contributed by atoms with Gasteiger partial charge in [-0.3, -0.25) is 10.2 Å². The molecule has 17 heavy (non-hydrogen) atoms. The van der Waals surface area contributed by atoms with Gasteiger partial charge < -0.3 is 11.1 Å². The largest absolute Gasteiger partial charge is 0.384 e. The molecule has 4 heteroatoms. The average molecular weight is 227 g/mol. The van der Waals surface area contributed by atoms with Gasteiger partial charge in [-0.15, -0.1) is 0 Å². The Kier molecular flexibility index (Phi) is 2.78. The molecule has 2 aromatic carbocycles. The molecule has 0 saturated heterocycles. The van der Waals surface area contributed by atoms with Crippen LogP contribution < -0.4 is 11.1 Å². The third kappa shape index (κ3) is 2.10. The van der Waals surface area contributed by atoms with Crippen molar-refractivity contribution in [1.82, 2.24) is 5.32 Å². The summed E-state index contributed by atoms with van der Waals surface area (Å²) in [7, 11) is 1.60. The highest BCUT2D eigenvalue weighted by atomic mass is 16.1. The van der Waals surface area contributed by atoms with Crippen molar-refractivity contribution in [2.75, 3.05) is 7.05 Å². The molecule has 0 fully saturated rings. The molecule has 4 N–H and O–H groups in total. The summed E-state index contributed by atoms with van der Waals surface area (Å²) in [5, 5.41) is 11.9. The van der Waals surface area contributed by atoms with Gasteiger partial charge in [-0.05, 0) is 29.0 Å². The molecule has 0 radical (unpaired) electrons. The lowest BCUT2D eigenvalue weighted by molar-refractivity contribution is 0.0963. The number of hydrogen-bond donors (Lipinski definition) is 3. The second kappa shape index (κ2) is 4.25. The minimum atomic E-state index is -0.109. The fraction of sp³-hybridized carbons (Fsp3) is 0.0769. The van der Waals surface area contributed by atoms with Crippen LogP contribution in [0.4, 0.5) is 0 Å². The molecule has 2 aromatic rings. The Morgan fingerprint density at radius 1 is 1.12 bits per heavy atom. The van der Waals surface area contributed by atoms with Gasteiger partial charge in [0.1, 0.15) is 5.84 Å². The molecule has 0 bridgehead atoms. The Hall–Kier alpha value is -2.36. The van der Waals surface area contributed by atoms with Crippen molar-refractivity contribution in [2.45, 2.75) is 0 Å². The van der Waals surface area contributed by atoms with E-state index in [-0.39, 0.29) is 11.7 Å². The number of nitrogen functional groups attached to an aromatic ring is 1. The molecule has 0 aromatic heterocycles. The zero-order valence-electron chi connectivity index (χ0n) is 9.45. The maximum Gasteiger partial charge on any atom is 0.251 e. The van der Waals surface area contributed by atoms with Gasteiger partial charge in [0.2, 0.25) is 0 Å². The lowest BCUT2D eigenvalue weighted by atomic mass is 10.0. The standard InChI is InChI=1S/C13H13N3O/c1-16-13(17)11-5-3-8-6-10(12(14)15)4-2-9(8)7-11/h2-7H,1H3,(H3,14,15)(H,16,17). The van der Waals surface area contributed by atoms with E-state index < -0.39 is 0 Å². The summed E-state index contributed by atoms with van der Waals surface area (Å²) >= 11 is 0. The normalized spacial score (nSPS) is 10.2. The predicted molar refractivity (Wildman–Crippen MR) is 68.4 cm³/mol. The predicted octanol–water partition coefficient (Wildman–Crippen LogP) is 1.48. The van der Waals surface area contributed by atoms with Crippen molar-refractivity contribution >= 4 is 22.5 Å². The molecule has 4 nitrogen and oxygen atoms in total.